The molecule has 0 aliphatic rings. The Morgan fingerprint density at radius 1 is 1.43 bits per heavy atom. The molecule has 0 aliphatic carbocycles. The van der Waals surface area contributed by atoms with Gasteiger partial charge in [-0.25, -0.2) is 8.78 Å². The van der Waals surface area contributed by atoms with Gasteiger partial charge in [-0.05, 0) is 13.3 Å². The van der Waals surface area contributed by atoms with Gasteiger partial charge in [0.05, 0.1) is 12.7 Å². The minimum atomic E-state index is -2.88. The lowest BCUT2D eigenvalue weighted by Crippen LogP contribution is -2.35. The van der Waals surface area contributed by atoms with Crippen molar-refractivity contribution in [3.63, 3.8) is 0 Å². The molecule has 0 heterocycles. The van der Waals surface area contributed by atoms with Crippen molar-refractivity contribution >= 4 is 5.97 Å². The van der Waals surface area contributed by atoms with E-state index in [2.05, 4.69) is 4.74 Å². The van der Waals surface area contributed by atoms with E-state index in [1.54, 1.807) is 6.92 Å². The van der Waals surface area contributed by atoms with E-state index in [0.29, 0.717) is 6.42 Å². The van der Waals surface area contributed by atoms with Gasteiger partial charge in [0.2, 0.25) is 0 Å². The monoisotopic (exact) mass is 210 g/mol. The molecule has 14 heavy (non-hydrogen) atoms. The topological polar surface area (TPSA) is 46.5 Å². The highest BCUT2D eigenvalue weighted by Crippen LogP contribution is 2.19. The number of alkyl halides is 2. The Balaban J connectivity index is 4.34. The molecule has 84 valence electrons. The standard InChI is InChI=1S/C9H16F2O3/c1-3-5-6(12)7(8(10)11)9(13)14-4-2/h6-8,12H,3-5H2,1-2H3. The van der Waals surface area contributed by atoms with E-state index in [-0.39, 0.29) is 13.0 Å². The molecule has 0 rings (SSSR count). The van der Waals surface area contributed by atoms with Gasteiger partial charge in [0.25, 0.3) is 6.43 Å². The summed E-state index contributed by atoms with van der Waals surface area (Å²) >= 11 is 0. The van der Waals surface area contributed by atoms with Crippen LogP contribution in [0.4, 0.5) is 8.78 Å². The molecule has 0 spiro atoms. The zero-order chi connectivity index (χ0) is 11.1. The average Bonchev–Trinajstić information content (AvgIpc) is 2.04. The molecule has 2 unspecified atom stereocenters. The van der Waals surface area contributed by atoms with Crippen molar-refractivity contribution in [2.24, 2.45) is 5.92 Å². The van der Waals surface area contributed by atoms with E-state index in [9.17, 15) is 18.7 Å². The van der Waals surface area contributed by atoms with E-state index in [0.717, 1.165) is 0 Å². The first-order chi connectivity index (χ1) is 6.54. The summed E-state index contributed by atoms with van der Waals surface area (Å²) in [5, 5.41) is 9.30. The summed E-state index contributed by atoms with van der Waals surface area (Å²) in [5.41, 5.74) is 0. The fraction of sp³-hybridized carbons (Fsp3) is 0.889. The third-order valence-corrected chi connectivity index (χ3v) is 1.83. The van der Waals surface area contributed by atoms with E-state index >= 15 is 0 Å². The molecule has 0 aromatic rings. The van der Waals surface area contributed by atoms with Crippen LogP contribution in [0.5, 0.6) is 0 Å². The van der Waals surface area contributed by atoms with Gasteiger partial charge in [0.15, 0.2) is 0 Å². The maximum Gasteiger partial charge on any atom is 0.317 e. The predicted molar refractivity (Wildman–Crippen MR) is 47.0 cm³/mol. The number of esters is 1. The highest BCUT2D eigenvalue weighted by atomic mass is 19.3. The van der Waals surface area contributed by atoms with Crippen molar-refractivity contribution in [3.05, 3.63) is 0 Å². The normalized spacial score (nSPS) is 15.3. The first-order valence-corrected chi connectivity index (χ1v) is 4.67. The number of carbonyl (C=O) groups is 1. The Kier molecular flexibility index (Phi) is 6.36. The second-order valence-corrected chi connectivity index (χ2v) is 2.97. The van der Waals surface area contributed by atoms with Crippen molar-refractivity contribution in [1.29, 1.82) is 0 Å². The number of hydrogen-bond acceptors (Lipinski definition) is 3. The van der Waals surface area contributed by atoms with Crippen molar-refractivity contribution in [2.75, 3.05) is 6.61 Å². The average molecular weight is 210 g/mol. The Hall–Kier alpha value is -0.710. The molecular formula is C9H16F2O3. The minimum Gasteiger partial charge on any atom is -0.466 e. The number of carbonyl (C=O) groups excluding carboxylic acids is 1. The molecule has 0 bridgehead atoms. The van der Waals surface area contributed by atoms with Gasteiger partial charge >= 0.3 is 5.97 Å². The van der Waals surface area contributed by atoms with E-state index in [1.165, 1.54) is 6.92 Å². The van der Waals surface area contributed by atoms with Crippen molar-refractivity contribution < 1.29 is 23.4 Å². The Morgan fingerprint density at radius 2 is 2.00 bits per heavy atom. The zero-order valence-corrected chi connectivity index (χ0v) is 8.37. The summed E-state index contributed by atoms with van der Waals surface area (Å²) in [6.45, 7) is 3.32. The van der Waals surface area contributed by atoms with Crippen molar-refractivity contribution in [3.8, 4) is 0 Å². The van der Waals surface area contributed by atoms with Gasteiger partial charge in [-0.1, -0.05) is 13.3 Å². The first kappa shape index (κ1) is 13.3. The summed E-state index contributed by atoms with van der Waals surface area (Å²) in [7, 11) is 0. The SMILES string of the molecule is CCCC(O)C(C(=O)OCC)C(F)F. The molecule has 0 fully saturated rings. The summed E-state index contributed by atoms with van der Waals surface area (Å²) in [5.74, 6) is -2.74. The number of aliphatic hydroxyl groups is 1. The smallest absolute Gasteiger partial charge is 0.317 e. The van der Waals surface area contributed by atoms with Gasteiger partial charge in [-0.15, -0.1) is 0 Å². The van der Waals surface area contributed by atoms with Gasteiger partial charge in [0.1, 0.15) is 5.92 Å². The highest BCUT2D eigenvalue weighted by Gasteiger charge is 2.35. The number of halogens is 2. The summed E-state index contributed by atoms with van der Waals surface area (Å²) in [6, 6.07) is 0. The van der Waals surface area contributed by atoms with Crippen LogP contribution in [0.15, 0.2) is 0 Å². The summed E-state index contributed by atoms with van der Waals surface area (Å²) < 4.78 is 29.2. The van der Waals surface area contributed by atoms with E-state index in [4.69, 9.17) is 0 Å². The second-order valence-electron chi connectivity index (χ2n) is 2.97. The number of aliphatic hydroxyl groups excluding tert-OH is 1. The number of hydrogen-bond donors (Lipinski definition) is 1. The summed E-state index contributed by atoms with van der Waals surface area (Å²) in [6.07, 6.45) is -3.48. The second kappa shape index (κ2) is 6.70. The van der Waals surface area contributed by atoms with Crippen LogP contribution in [0.1, 0.15) is 26.7 Å². The third kappa shape index (κ3) is 4.00. The third-order valence-electron chi connectivity index (χ3n) is 1.83. The zero-order valence-electron chi connectivity index (χ0n) is 8.37. The lowest BCUT2D eigenvalue weighted by atomic mass is 9.99. The maximum atomic E-state index is 12.4. The molecule has 0 saturated heterocycles. The van der Waals surface area contributed by atoms with Gasteiger partial charge in [0, 0.05) is 0 Å². The molecule has 0 saturated carbocycles. The molecule has 2 atom stereocenters. The Morgan fingerprint density at radius 3 is 2.36 bits per heavy atom. The summed E-state index contributed by atoms with van der Waals surface area (Å²) in [4.78, 5) is 11.0. The quantitative estimate of drug-likeness (QED) is 0.677. The molecule has 0 amide bonds. The first-order valence-electron chi connectivity index (χ1n) is 4.67. The largest absolute Gasteiger partial charge is 0.466 e. The van der Waals surface area contributed by atoms with E-state index in [1.807, 2.05) is 0 Å². The highest BCUT2D eigenvalue weighted by molar-refractivity contribution is 5.73. The van der Waals surface area contributed by atoms with Crippen molar-refractivity contribution in [2.45, 2.75) is 39.2 Å². The lowest BCUT2D eigenvalue weighted by Gasteiger charge is -2.19. The van der Waals surface area contributed by atoms with Crippen LogP contribution in [0.25, 0.3) is 0 Å². The molecule has 0 aromatic carbocycles. The van der Waals surface area contributed by atoms with Crippen LogP contribution in [-0.4, -0.2) is 30.2 Å². The van der Waals surface area contributed by atoms with Crippen LogP contribution >= 0.6 is 0 Å². The lowest BCUT2D eigenvalue weighted by molar-refractivity contribution is -0.160. The Bertz CT molecular complexity index is 173. The predicted octanol–water partition coefficient (Wildman–Crippen LogP) is 1.59. The van der Waals surface area contributed by atoms with Crippen LogP contribution in [0.3, 0.4) is 0 Å². The molecule has 0 aliphatic heterocycles. The fourth-order valence-corrected chi connectivity index (χ4v) is 1.14. The van der Waals surface area contributed by atoms with Crippen LogP contribution in [-0.2, 0) is 9.53 Å². The van der Waals surface area contributed by atoms with E-state index < -0.39 is 24.4 Å². The maximum absolute atomic E-state index is 12.4. The molecule has 3 nitrogen and oxygen atoms in total. The van der Waals surface area contributed by atoms with Gasteiger partial charge in [-0.2, -0.15) is 0 Å². The van der Waals surface area contributed by atoms with Crippen LogP contribution in [0, 0.1) is 5.92 Å². The van der Waals surface area contributed by atoms with Gasteiger partial charge < -0.3 is 9.84 Å². The molecule has 0 aromatic heterocycles. The van der Waals surface area contributed by atoms with Crippen LogP contribution < -0.4 is 0 Å². The molecule has 5 heteroatoms. The minimum absolute atomic E-state index is 0.0426. The molecule has 0 radical (unpaired) electrons. The Labute approximate surface area is 82.1 Å². The molecular weight excluding hydrogens is 194 g/mol. The van der Waals surface area contributed by atoms with Crippen LogP contribution in [0.2, 0.25) is 0 Å². The van der Waals surface area contributed by atoms with Gasteiger partial charge in [-0.3, -0.25) is 4.79 Å². The molecule has 1 N–H and O–H groups in total. The number of rotatable bonds is 6. The fourth-order valence-electron chi connectivity index (χ4n) is 1.14. The van der Waals surface area contributed by atoms with Crippen molar-refractivity contribution in [1.82, 2.24) is 0 Å². The number of ether oxygens (including phenoxy) is 1.